The van der Waals surface area contributed by atoms with Crippen molar-refractivity contribution in [1.82, 2.24) is 9.55 Å². The van der Waals surface area contributed by atoms with E-state index in [1.807, 2.05) is 0 Å². The topological polar surface area (TPSA) is 84.6 Å². The molecule has 0 radical (unpaired) electrons. The zero-order chi connectivity index (χ0) is 21.5. The normalized spacial score (nSPS) is 11.8. The highest BCUT2D eigenvalue weighted by atomic mass is 35.5. The number of benzene rings is 1. The molecule has 0 bridgehead atoms. The molecule has 0 aliphatic rings. The first-order valence-electron chi connectivity index (χ1n) is 9.01. The van der Waals surface area contributed by atoms with E-state index in [-0.39, 0.29) is 19.0 Å². The maximum Gasteiger partial charge on any atom is 0.326 e. The minimum atomic E-state index is -0.639. The number of pyridine rings is 1. The Morgan fingerprint density at radius 3 is 2.55 bits per heavy atom. The first-order chi connectivity index (χ1) is 13.5. The Labute approximate surface area is 178 Å². The first kappa shape index (κ1) is 21.4. The van der Waals surface area contributed by atoms with Crippen LogP contribution >= 0.6 is 23.2 Å². The summed E-state index contributed by atoms with van der Waals surface area (Å²) in [6, 6.07) is 5.00. The monoisotopic (exact) mass is 436 g/mol. The van der Waals surface area contributed by atoms with Gasteiger partial charge in [-0.1, -0.05) is 29.3 Å². The van der Waals surface area contributed by atoms with E-state index in [4.69, 9.17) is 27.9 Å². The van der Waals surface area contributed by atoms with Gasteiger partial charge in [-0.05, 0) is 39.8 Å². The van der Waals surface area contributed by atoms with E-state index in [0.29, 0.717) is 43.3 Å². The van der Waals surface area contributed by atoms with Crippen LogP contribution in [-0.2, 0) is 22.7 Å². The molecule has 2 aromatic heterocycles. The molecule has 0 spiro atoms. The Balaban J connectivity index is 2.22. The van der Waals surface area contributed by atoms with Crippen LogP contribution < -0.4 is 0 Å². The predicted octanol–water partition coefficient (Wildman–Crippen LogP) is 4.86. The number of hydrogen-bond donors (Lipinski definition) is 2. The van der Waals surface area contributed by atoms with E-state index in [9.17, 15) is 15.0 Å². The molecule has 29 heavy (non-hydrogen) atoms. The number of esters is 1. The number of carbonyl (C=O) groups is 1. The number of halogens is 2. The highest BCUT2D eigenvalue weighted by Gasteiger charge is 2.24. The van der Waals surface area contributed by atoms with Crippen molar-refractivity contribution >= 4 is 40.1 Å². The van der Waals surface area contributed by atoms with Crippen molar-refractivity contribution in [2.45, 2.75) is 46.4 Å². The van der Waals surface area contributed by atoms with Crippen molar-refractivity contribution in [2.75, 3.05) is 0 Å². The zero-order valence-corrected chi connectivity index (χ0v) is 18.1. The SMILES string of the molecule is Cc1nc2cn(CC(=O)OC(C)(C)C)c(O)c2c(-c2ccc(Cl)cc2Cl)c1CO. The van der Waals surface area contributed by atoms with Gasteiger partial charge in [0, 0.05) is 38.6 Å². The quantitative estimate of drug-likeness (QED) is 0.570. The molecule has 0 saturated carbocycles. The van der Waals surface area contributed by atoms with Gasteiger partial charge in [0.05, 0.1) is 17.5 Å². The van der Waals surface area contributed by atoms with Crippen LogP contribution in [0.2, 0.25) is 10.0 Å². The van der Waals surface area contributed by atoms with Gasteiger partial charge in [-0.3, -0.25) is 9.78 Å². The van der Waals surface area contributed by atoms with Gasteiger partial charge in [-0.15, -0.1) is 0 Å². The number of aryl methyl sites for hydroxylation is 1. The molecule has 2 N–H and O–H groups in total. The number of rotatable bonds is 4. The van der Waals surface area contributed by atoms with Crippen LogP contribution in [0.25, 0.3) is 22.0 Å². The molecule has 2 heterocycles. The van der Waals surface area contributed by atoms with E-state index in [1.54, 1.807) is 52.1 Å². The second kappa shape index (κ2) is 7.86. The predicted molar refractivity (Wildman–Crippen MR) is 113 cm³/mol. The van der Waals surface area contributed by atoms with Gasteiger partial charge in [0.2, 0.25) is 5.88 Å². The van der Waals surface area contributed by atoms with Crippen molar-refractivity contribution in [3.63, 3.8) is 0 Å². The molecule has 0 unspecified atom stereocenters. The lowest BCUT2D eigenvalue weighted by Crippen LogP contribution is -2.26. The maximum atomic E-state index is 12.2. The van der Waals surface area contributed by atoms with Crippen LogP contribution in [0.4, 0.5) is 0 Å². The second-order valence-electron chi connectivity index (χ2n) is 7.76. The summed E-state index contributed by atoms with van der Waals surface area (Å²) < 4.78 is 6.72. The number of aromatic nitrogens is 2. The fourth-order valence-corrected chi connectivity index (χ4v) is 3.76. The summed E-state index contributed by atoms with van der Waals surface area (Å²) in [6.45, 7) is 6.61. The summed E-state index contributed by atoms with van der Waals surface area (Å²) in [5.74, 6) is -0.646. The summed E-state index contributed by atoms with van der Waals surface area (Å²) in [4.78, 5) is 16.7. The second-order valence-corrected chi connectivity index (χ2v) is 8.60. The smallest absolute Gasteiger partial charge is 0.326 e. The molecule has 154 valence electrons. The molecule has 8 heteroatoms. The van der Waals surface area contributed by atoms with E-state index in [0.717, 1.165) is 0 Å². The van der Waals surface area contributed by atoms with Crippen LogP contribution in [0.3, 0.4) is 0 Å². The number of carbonyl (C=O) groups excluding carboxylic acids is 1. The summed E-state index contributed by atoms with van der Waals surface area (Å²) in [5.41, 5.74) is 2.11. The molecule has 0 fully saturated rings. The average Bonchev–Trinajstić information content (AvgIpc) is 2.87. The van der Waals surface area contributed by atoms with Gasteiger partial charge in [-0.25, -0.2) is 0 Å². The molecule has 0 aliphatic carbocycles. The Morgan fingerprint density at radius 1 is 1.28 bits per heavy atom. The van der Waals surface area contributed by atoms with E-state index < -0.39 is 11.6 Å². The van der Waals surface area contributed by atoms with Crippen LogP contribution in [0.15, 0.2) is 24.4 Å². The average molecular weight is 437 g/mol. The van der Waals surface area contributed by atoms with Gasteiger partial charge < -0.3 is 19.5 Å². The molecular formula is C21H22Cl2N2O4. The summed E-state index contributed by atoms with van der Waals surface area (Å²) in [6.07, 6.45) is 1.58. The van der Waals surface area contributed by atoms with Crippen LogP contribution in [-0.4, -0.2) is 31.3 Å². The molecule has 0 amide bonds. The minimum absolute atomic E-state index is 0.158. The largest absolute Gasteiger partial charge is 0.494 e. The standard InChI is InChI=1S/C21H22Cl2N2O4/c1-11-14(10-26)18(13-6-5-12(22)7-15(13)23)19-16(24-11)8-25(20(19)28)9-17(27)29-21(2,3)4/h5-8,26,28H,9-10H2,1-4H3. The molecule has 0 atom stereocenters. The number of aliphatic hydroxyl groups excluding tert-OH is 1. The Bertz CT molecular complexity index is 1100. The highest BCUT2D eigenvalue weighted by molar-refractivity contribution is 6.36. The number of ether oxygens (including phenoxy) is 1. The van der Waals surface area contributed by atoms with Crippen molar-refractivity contribution in [3.8, 4) is 17.0 Å². The van der Waals surface area contributed by atoms with Crippen molar-refractivity contribution in [3.05, 3.63) is 45.7 Å². The summed E-state index contributed by atoms with van der Waals surface area (Å²) in [5, 5.41) is 22.1. The van der Waals surface area contributed by atoms with Gasteiger partial charge in [0.1, 0.15) is 12.1 Å². The zero-order valence-electron chi connectivity index (χ0n) is 16.6. The van der Waals surface area contributed by atoms with Gasteiger partial charge in [0.25, 0.3) is 0 Å². The fraction of sp³-hybridized carbons (Fsp3) is 0.333. The molecule has 0 aliphatic heterocycles. The molecule has 3 rings (SSSR count). The molecular weight excluding hydrogens is 415 g/mol. The number of nitrogens with zero attached hydrogens (tertiary/aromatic N) is 2. The van der Waals surface area contributed by atoms with Crippen molar-refractivity contribution in [2.24, 2.45) is 0 Å². The van der Waals surface area contributed by atoms with Crippen molar-refractivity contribution in [1.29, 1.82) is 0 Å². The van der Waals surface area contributed by atoms with Crippen LogP contribution in [0.1, 0.15) is 32.0 Å². The molecule has 1 aromatic carbocycles. The summed E-state index contributed by atoms with van der Waals surface area (Å²) in [7, 11) is 0. The lowest BCUT2D eigenvalue weighted by molar-refractivity contribution is -0.155. The molecule has 0 saturated heterocycles. The van der Waals surface area contributed by atoms with Crippen LogP contribution in [0.5, 0.6) is 5.88 Å². The Kier molecular flexibility index (Phi) is 5.81. The van der Waals surface area contributed by atoms with Gasteiger partial charge >= 0.3 is 5.97 Å². The summed E-state index contributed by atoms with van der Waals surface area (Å²) >= 11 is 12.4. The van der Waals surface area contributed by atoms with E-state index >= 15 is 0 Å². The number of hydrogen-bond acceptors (Lipinski definition) is 5. The number of fused-ring (bicyclic) bond motifs is 1. The lowest BCUT2D eigenvalue weighted by Gasteiger charge is -2.19. The minimum Gasteiger partial charge on any atom is -0.494 e. The third-order valence-electron chi connectivity index (χ3n) is 4.38. The lowest BCUT2D eigenvalue weighted by atomic mass is 9.96. The third kappa shape index (κ3) is 4.34. The molecule has 6 nitrogen and oxygen atoms in total. The van der Waals surface area contributed by atoms with E-state index in [1.165, 1.54) is 4.57 Å². The van der Waals surface area contributed by atoms with Gasteiger partial charge in [0.15, 0.2) is 0 Å². The van der Waals surface area contributed by atoms with Crippen molar-refractivity contribution < 1.29 is 19.7 Å². The Hall–Kier alpha value is -2.28. The van der Waals surface area contributed by atoms with Gasteiger partial charge in [-0.2, -0.15) is 0 Å². The number of aliphatic hydroxyl groups is 1. The molecule has 3 aromatic rings. The maximum absolute atomic E-state index is 12.2. The first-order valence-corrected chi connectivity index (χ1v) is 9.77. The third-order valence-corrected chi connectivity index (χ3v) is 4.93. The highest BCUT2D eigenvalue weighted by Crippen LogP contribution is 2.42. The fourth-order valence-electron chi connectivity index (χ4n) is 3.25. The number of aromatic hydroxyl groups is 1. The van der Waals surface area contributed by atoms with Crippen LogP contribution in [0, 0.1) is 6.92 Å². The van der Waals surface area contributed by atoms with E-state index in [2.05, 4.69) is 4.98 Å². The Morgan fingerprint density at radius 2 is 1.97 bits per heavy atom.